The zero-order chi connectivity index (χ0) is 17.7. The summed E-state index contributed by atoms with van der Waals surface area (Å²) in [6.07, 6.45) is 4.85. The summed E-state index contributed by atoms with van der Waals surface area (Å²) >= 11 is 0. The number of carboxylic acid groups (broad SMARTS) is 1. The van der Waals surface area contributed by atoms with Crippen LogP contribution in [0.1, 0.15) is 82.4 Å². The summed E-state index contributed by atoms with van der Waals surface area (Å²) in [6, 6.07) is 4.09. The third-order valence-corrected chi connectivity index (χ3v) is 6.80. The SMILES string of the molecule is CC(C)c1ccc2c(c1F)CC[C@H]1[C@](C)(CC(=O)O)CCC[C@]21C. The molecule has 0 unspecified atom stereocenters. The maximum atomic E-state index is 15.0. The van der Waals surface area contributed by atoms with Gasteiger partial charge in [0.2, 0.25) is 0 Å². The van der Waals surface area contributed by atoms with Crippen LogP contribution in [0.25, 0.3) is 0 Å². The largest absolute Gasteiger partial charge is 0.481 e. The van der Waals surface area contributed by atoms with Gasteiger partial charge in [-0.2, -0.15) is 0 Å². The third kappa shape index (κ3) is 2.57. The Bertz CT molecular complexity index is 666. The molecule has 2 nitrogen and oxygen atoms in total. The molecule has 1 aromatic rings. The molecule has 0 radical (unpaired) electrons. The second-order valence-corrected chi connectivity index (χ2v) is 8.74. The fourth-order valence-electron chi connectivity index (χ4n) is 5.68. The molecule has 0 spiro atoms. The number of carboxylic acids is 1. The number of aliphatic carboxylic acids is 1. The van der Waals surface area contributed by atoms with Gasteiger partial charge >= 0.3 is 5.97 Å². The first kappa shape index (κ1) is 17.4. The summed E-state index contributed by atoms with van der Waals surface area (Å²) in [7, 11) is 0. The number of halogens is 1. The van der Waals surface area contributed by atoms with Crippen LogP contribution in [0.4, 0.5) is 4.39 Å². The van der Waals surface area contributed by atoms with Crippen LogP contribution in [0.5, 0.6) is 0 Å². The van der Waals surface area contributed by atoms with Crippen molar-refractivity contribution in [3.63, 3.8) is 0 Å². The summed E-state index contributed by atoms with van der Waals surface area (Å²) in [6.45, 7) is 8.43. The quantitative estimate of drug-likeness (QED) is 0.801. The van der Waals surface area contributed by atoms with Gasteiger partial charge in [-0.1, -0.05) is 46.2 Å². The van der Waals surface area contributed by atoms with E-state index in [4.69, 9.17) is 0 Å². The van der Waals surface area contributed by atoms with Gasteiger partial charge in [0.25, 0.3) is 0 Å². The first-order valence-corrected chi connectivity index (χ1v) is 9.22. The van der Waals surface area contributed by atoms with Crippen molar-refractivity contribution >= 4 is 5.97 Å². The Kier molecular flexibility index (Phi) is 4.26. The van der Waals surface area contributed by atoms with Crippen LogP contribution < -0.4 is 0 Å². The van der Waals surface area contributed by atoms with Gasteiger partial charge < -0.3 is 5.11 Å². The molecule has 132 valence electrons. The minimum absolute atomic E-state index is 0.0207. The Hall–Kier alpha value is -1.38. The molecule has 1 saturated carbocycles. The highest BCUT2D eigenvalue weighted by atomic mass is 19.1. The first-order valence-electron chi connectivity index (χ1n) is 9.22. The van der Waals surface area contributed by atoms with E-state index in [-0.39, 0.29) is 29.0 Å². The van der Waals surface area contributed by atoms with E-state index in [1.165, 1.54) is 0 Å². The monoisotopic (exact) mass is 332 g/mol. The fraction of sp³-hybridized carbons (Fsp3) is 0.667. The molecule has 2 aliphatic carbocycles. The Labute approximate surface area is 144 Å². The summed E-state index contributed by atoms with van der Waals surface area (Å²) in [4.78, 5) is 11.4. The molecular formula is C21H29FO2. The average molecular weight is 332 g/mol. The van der Waals surface area contributed by atoms with Gasteiger partial charge in [-0.3, -0.25) is 4.79 Å². The Balaban J connectivity index is 2.08. The second kappa shape index (κ2) is 5.86. The van der Waals surface area contributed by atoms with Crippen LogP contribution in [-0.2, 0) is 16.6 Å². The van der Waals surface area contributed by atoms with Crippen molar-refractivity contribution in [2.75, 3.05) is 0 Å². The lowest BCUT2D eigenvalue weighted by molar-refractivity contribution is -0.142. The predicted octanol–water partition coefficient (Wildman–Crippen LogP) is 5.43. The minimum Gasteiger partial charge on any atom is -0.481 e. The standard InChI is InChI=1S/C21H29FO2/c1-13(2)14-6-8-16-15(19(14)22)7-9-17-20(3,12-18(23)24)10-5-11-21(16,17)4/h6,8,13,17H,5,7,9-12H2,1-4H3,(H,23,24)/t17-,20-,21+/m0/s1. The van der Waals surface area contributed by atoms with Crippen molar-refractivity contribution in [3.05, 3.63) is 34.6 Å². The molecule has 3 heteroatoms. The summed E-state index contributed by atoms with van der Waals surface area (Å²) in [5, 5.41) is 9.38. The van der Waals surface area contributed by atoms with Crippen molar-refractivity contribution in [1.29, 1.82) is 0 Å². The summed E-state index contributed by atoms with van der Waals surface area (Å²) < 4.78 is 15.0. The molecule has 0 bridgehead atoms. The summed E-state index contributed by atoms with van der Waals surface area (Å²) in [5.41, 5.74) is 2.53. The van der Waals surface area contributed by atoms with Crippen LogP contribution in [0.3, 0.4) is 0 Å². The second-order valence-electron chi connectivity index (χ2n) is 8.74. The van der Waals surface area contributed by atoms with E-state index in [1.54, 1.807) is 0 Å². The van der Waals surface area contributed by atoms with Crippen molar-refractivity contribution < 1.29 is 14.3 Å². The molecule has 0 aromatic heterocycles. The van der Waals surface area contributed by atoms with E-state index in [0.717, 1.165) is 48.8 Å². The van der Waals surface area contributed by atoms with E-state index >= 15 is 4.39 Å². The Morgan fingerprint density at radius 2 is 2.04 bits per heavy atom. The van der Waals surface area contributed by atoms with E-state index in [1.807, 2.05) is 19.9 Å². The molecule has 0 saturated heterocycles. The lowest BCUT2D eigenvalue weighted by Gasteiger charge is -2.55. The van der Waals surface area contributed by atoms with Gasteiger partial charge in [-0.05, 0) is 65.0 Å². The number of hydrogen-bond donors (Lipinski definition) is 1. The van der Waals surface area contributed by atoms with Gasteiger partial charge in [0.1, 0.15) is 5.82 Å². The molecule has 1 N–H and O–H groups in total. The van der Waals surface area contributed by atoms with Gasteiger partial charge in [0.15, 0.2) is 0 Å². The molecule has 3 rings (SSSR count). The number of carbonyl (C=O) groups is 1. The topological polar surface area (TPSA) is 37.3 Å². The molecule has 0 amide bonds. The molecule has 0 aliphatic heterocycles. The number of benzene rings is 1. The molecule has 1 aromatic carbocycles. The molecule has 24 heavy (non-hydrogen) atoms. The Morgan fingerprint density at radius 1 is 1.33 bits per heavy atom. The zero-order valence-electron chi connectivity index (χ0n) is 15.3. The molecule has 1 fully saturated rings. The van der Waals surface area contributed by atoms with Crippen LogP contribution in [0, 0.1) is 17.2 Å². The number of hydrogen-bond acceptors (Lipinski definition) is 1. The van der Waals surface area contributed by atoms with Gasteiger partial charge in [-0.15, -0.1) is 0 Å². The number of rotatable bonds is 3. The van der Waals surface area contributed by atoms with Crippen LogP contribution >= 0.6 is 0 Å². The highest BCUT2D eigenvalue weighted by Gasteiger charge is 2.52. The minimum atomic E-state index is -0.714. The molecule has 2 aliphatic rings. The van der Waals surface area contributed by atoms with E-state index in [2.05, 4.69) is 19.9 Å². The molecular weight excluding hydrogens is 303 g/mol. The average Bonchev–Trinajstić information content (AvgIpc) is 2.46. The highest BCUT2D eigenvalue weighted by Crippen LogP contribution is 2.58. The lowest BCUT2D eigenvalue weighted by Crippen LogP contribution is -2.50. The van der Waals surface area contributed by atoms with Gasteiger partial charge in [-0.25, -0.2) is 4.39 Å². The molecule has 0 heterocycles. The normalized spacial score (nSPS) is 32.3. The Morgan fingerprint density at radius 3 is 2.67 bits per heavy atom. The fourth-order valence-corrected chi connectivity index (χ4v) is 5.68. The van der Waals surface area contributed by atoms with E-state index in [0.29, 0.717) is 5.92 Å². The van der Waals surface area contributed by atoms with Gasteiger partial charge in [0, 0.05) is 0 Å². The lowest BCUT2D eigenvalue weighted by atomic mass is 9.49. The van der Waals surface area contributed by atoms with Crippen molar-refractivity contribution in [2.45, 2.75) is 77.6 Å². The smallest absolute Gasteiger partial charge is 0.303 e. The van der Waals surface area contributed by atoms with Gasteiger partial charge in [0.05, 0.1) is 6.42 Å². The highest BCUT2D eigenvalue weighted by molar-refractivity contribution is 5.68. The number of fused-ring (bicyclic) bond motifs is 3. The first-order chi connectivity index (χ1) is 11.2. The van der Waals surface area contributed by atoms with Crippen molar-refractivity contribution in [2.24, 2.45) is 11.3 Å². The van der Waals surface area contributed by atoms with E-state index < -0.39 is 5.97 Å². The maximum Gasteiger partial charge on any atom is 0.303 e. The molecule has 3 atom stereocenters. The third-order valence-electron chi connectivity index (χ3n) is 6.80. The maximum absolute atomic E-state index is 15.0. The van der Waals surface area contributed by atoms with E-state index in [9.17, 15) is 9.90 Å². The van der Waals surface area contributed by atoms with Crippen molar-refractivity contribution in [3.8, 4) is 0 Å². The summed E-state index contributed by atoms with van der Waals surface area (Å²) in [5.74, 6) is -0.238. The van der Waals surface area contributed by atoms with Crippen LogP contribution in [0.2, 0.25) is 0 Å². The van der Waals surface area contributed by atoms with Crippen LogP contribution in [-0.4, -0.2) is 11.1 Å². The zero-order valence-corrected chi connectivity index (χ0v) is 15.3. The van der Waals surface area contributed by atoms with Crippen molar-refractivity contribution in [1.82, 2.24) is 0 Å². The van der Waals surface area contributed by atoms with Crippen LogP contribution in [0.15, 0.2) is 12.1 Å². The predicted molar refractivity (Wildman–Crippen MR) is 93.9 cm³/mol.